The fourth-order valence-electron chi connectivity index (χ4n) is 1.69. The molecule has 0 saturated heterocycles. The van der Waals surface area contributed by atoms with Gasteiger partial charge in [-0.25, -0.2) is 0 Å². The Labute approximate surface area is 98.7 Å². The van der Waals surface area contributed by atoms with E-state index in [0.29, 0.717) is 6.61 Å². The Morgan fingerprint density at radius 1 is 1.25 bits per heavy atom. The highest BCUT2D eigenvalue weighted by atomic mass is 16.2. The summed E-state index contributed by atoms with van der Waals surface area (Å²) in [5.74, 6) is 0. The van der Waals surface area contributed by atoms with Crippen LogP contribution in [0.15, 0.2) is 24.3 Å². The zero-order valence-electron chi connectivity index (χ0n) is 10.1. The third-order valence-electron chi connectivity index (χ3n) is 2.53. The molecule has 16 heavy (non-hydrogen) atoms. The number of aliphatic hydroxyl groups excluding tert-OH is 1. The summed E-state index contributed by atoms with van der Waals surface area (Å²) in [5.41, 5.74) is 2.55. The molecule has 0 aliphatic rings. The van der Waals surface area contributed by atoms with Gasteiger partial charge in [-0.2, -0.15) is 0 Å². The lowest BCUT2D eigenvalue weighted by Gasteiger charge is -2.07. The van der Waals surface area contributed by atoms with E-state index in [1.165, 1.54) is 11.3 Å². The van der Waals surface area contributed by atoms with Crippen LogP contribution in [0.1, 0.15) is 31.7 Å². The quantitative estimate of drug-likeness (QED) is 0.660. The first-order valence-electron chi connectivity index (χ1n) is 6.08. The molecule has 1 aromatic carbocycles. The maximum absolute atomic E-state index is 8.65. The molecule has 0 fully saturated rings. The number of rotatable bonds is 8. The smallest absolute Gasteiger partial charge is 0.0431 e. The molecular weight excluding hydrogens is 198 g/mol. The monoisotopic (exact) mass is 220 g/mol. The van der Waals surface area contributed by atoms with Gasteiger partial charge in [0.15, 0.2) is 0 Å². The number of benzene rings is 1. The Hall–Kier alpha value is -1.02. The number of aliphatic hydroxyl groups is 1. The second kappa shape index (κ2) is 8.17. The average molecular weight is 220 g/mol. The number of hydrogen-bond acceptors (Lipinski definition) is 2. The van der Waals surface area contributed by atoms with Gasteiger partial charge in [-0.1, -0.05) is 19.1 Å². The highest BCUT2D eigenvalue weighted by Crippen LogP contribution is 2.12. The molecule has 1 rings (SSSR count). The molecule has 0 unspecified atom stereocenters. The van der Waals surface area contributed by atoms with Gasteiger partial charge < -0.3 is 10.4 Å². The van der Waals surface area contributed by atoms with Gasteiger partial charge in [-0.3, -0.25) is 0 Å². The molecule has 2 nitrogen and oxygen atoms in total. The van der Waals surface area contributed by atoms with Gasteiger partial charge in [-0.15, -0.1) is 0 Å². The summed E-state index contributed by atoms with van der Waals surface area (Å²) in [5, 5.41) is 12.1. The molecule has 0 aliphatic heterocycles. The number of anilines is 1. The van der Waals surface area contributed by atoms with E-state index in [1.807, 2.05) is 0 Å². The van der Waals surface area contributed by atoms with Gasteiger partial charge in [-0.05, 0) is 49.8 Å². The fourth-order valence-corrected chi connectivity index (χ4v) is 1.69. The van der Waals surface area contributed by atoms with Crippen molar-refractivity contribution in [3.05, 3.63) is 36.2 Å². The molecule has 0 aromatic heterocycles. The van der Waals surface area contributed by atoms with E-state index in [4.69, 9.17) is 5.11 Å². The van der Waals surface area contributed by atoms with Crippen molar-refractivity contribution in [2.75, 3.05) is 18.5 Å². The molecule has 0 heterocycles. The minimum atomic E-state index is 0.307. The van der Waals surface area contributed by atoms with Gasteiger partial charge in [0.25, 0.3) is 0 Å². The molecule has 0 spiro atoms. The summed E-state index contributed by atoms with van der Waals surface area (Å²) in [4.78, 5) is 0. The van der Waals surface area contributed by atoms with Crippen LogP contribution >= 0.6 is 0 Å². The Morgan fingerprint density at radius 3 is 2.88 bits per heavy atom. The molecule has 0 atom stereocenters. The van der Waals surface area contributed by atoms with Crippen LogP contribution in [0.5, 0.6) is 0 Å². The van der Waals surface area contributed by atoms with Gasteiger partial charge >= 0.3 is 0 Å². The fraction of sp³-hybridized carbons (Fsp3) is 0.500. The van der Waals surface area contributed by atoms with Crippen LogP contribution < -0.4 is 5.32 Å². The minimum Gasteiger partial charge on any atom is -0.396 e. The van der Waals surface area contributed by atoms with Crippen molar-refractivity contribution in [2.45, 2.75) is 32.6 Å². The summed E-state index contributed by atoms with van der Waals surface area (Å²) in [6.07, 6.45) is 6.31. The molecule has 0 amide bonds. The molecule has 1 radical (unpaired) electrons. The molecular formula is C14H22NO. The van der Waals surface area contributed by atoms with E-state index < -0.39 is 0 Å². The zero-order chi connectivity index (χ0) is 11.6. The standard InChI is InChI=1S/C14H22NO/c1-2-7-13-8-6-9-14(12-13)15-10-4-3-5-11-16/h2,6,8-9,12,15-16H,3-5,7,10-11H2,1H3. The van der Waals surface area contributed by atoms with Crippen molar-refractivity contribution < 1.29 is 5.11 Å². The molecule has 2 heteroatoms. The van der Waals surface area contributed by atoms with Crippen LogP contribution in [0.3, 0.4) is 0 Å². The molecule has 0 bridgehead atoms. The predicted molar refractivity (Wildman–Crippen MR) is 69.5 cm³/mol. The van der Waals surface area contributed by atoms with Crippen LogP contribution in [0.4, 0.5) is 5.69 Å². The van der Waals surface area contributed by atoms with E-state index >= 15 is 0 Å². The van der Waals surface area contributed by atoms with Crippen molar-refractivity contribution in [1.29, 1.82) is 0 Å². The molecule has 0 aliphatic carbocycles. The number of hydrogen-bond donors (Lipinski definition) is 2. The zero-order valence-corrected chi connectivity index (χ0v) is 10.1. The minimum absolute atomic E-state index is 0.307. The second-order valence-electron chi connectivity index (χ2n) is 4.02. The average Bonchev–Trinajstić information content (AvgIpc) is 2.30. The first kappa shape index (κ1) is 13.0. The Bertz CT molecular complexity index is 286. The van der Waals surface area contributed by atoms with Crippen molar-refractivity contribution in [1.82, 2.24) is 0 Å². The largest absolute Gasteiger partial charge is 0.396 e. The normalized spacial score (nSPS) is 10.4. The molecule has 0 saturated carbocycles. The number of nitrogens with one attached hydrogen (secondary N) is 1. The Balaban J connectivity index is 2.27. The maximum atomic E-state index is 8.65. The van der Waals surface area contributed by atoms with Crippen LogP contribution in [-0.2, 0) is 6.42 Å². The first-order chi connectivity index (χ1) is 7.86. The van der Waals surface area contributed by atoms with Crippen LogP contribution in [0, 0.1) is 6.42 Å². The van der Waals surface area contributed by atoms with Gasteiger partial charge in [0.2, 0.25) is 0 Å². The summed E-state index contributed by atoms with van der Waals surface area (Å²) >= 11 is 0. The highest BCUT2D eigenvalue weighted by molar-refractivity contribution is 5.45. The highest BCUT2D eigenvalue weighted by Gasteiger charge is 1.95. The molecule has 1 aromatic rings. The maximum Gasteiger partial charge on any atom is 0.0431 e. The summed E-state index contributed by atoms with van der Waals surface area (Å²) < 4.78 is 0. The summed E-state index contributed by atoms with van der Waals surface area (Å²) in [6, 6.07) is 8.54. The Morgan fingerprint density at radius 2 is 2.12 bits per heavy atom. The van der Waals surface area contributed by atoms with Gasteiger partial charge in [0.05, 0.1) is 0 Å². The van der Waals surface area contributed by atoms with Crippen LogP contribution in [-0.4, -0.2) is 18.3 Å². The Kier molecular flexibility index (Phi) is 6.66. The lowest BCUT2D eigenvalue weighted by atomic mass is 10.1. The van der Waals surface area contributed by atoms with E-state index in [0.717, 1.165) is 32.2 Å². The predicted octanol–water partition coefficient (Wildman–Crippen LogP) is 3.03. The van der Waals surface area contributed by atoms with E-state index in [9.17, 15) is 0 Å². The van der Waals surface area contributed by atoms with Crippen LogP contribution in [0.2, 0.25) is 0 Å². The van der Waals surface area contributed by atoms with Crippen molar-refractivity contribution in [3.8, 4) is 0 Å². The summed E-state index contributed by atoms with van der Waals surface area (Å²) in [6.45, 7) is 3.37. The second-order valence-corrected chi connectivity index (χ2v) is 4.02. The summed E-state index contributed by atoms with van der Waals surface area (Å²) in [7, 11) is 0. The first-order valence-corrected chi connectivity index (χ1v) is 6.08. The van der Waals surface area contributed by atoms with Crippen molar-refractivity contribution in [3.63, 3.8) is 0 Å². The lowest BCUT2D eigenvalue weighted by molar-refractivity contribution is 0.283. The van der Waals surface area contributed by atoms with Crippen molar-refractivity contribution in [2.24, 2.45) is 0 Å². The van der Waals surface area contributed by atoms with E-state index in [1.54, 1.807) is 0 Å². The van der Waals surface area contributed by atoms with Crippen LogP contribution in [0.25, 0.3) is 0 Å². The third-order valence-corrected chi connectivity index (χ3v) is 2.53. The number of unbranched alkanes of at least 4 members (excludes halogenated alkanes) is 2. The third kappa shape index (κ3) is 5.17. The molecule has 89 valence electrons. The SMILES string of the molecule is C[CH]Cc1cccc(NCCCCCO)c1. The lowest BCUT2D eigenvalue weighted by Crippen LogP contribution is -2.02. The molecule has 2 N–H and O–H groups in total. The van der Waals surface area contributed by atoms with Crippen molar-refractivity contribution >= 4 is 5.69 Å². The van der Waals surface area contributed by atoms with E-state index in [2.05, 4.69) is 42.9 Å². The van der Waals surface area contributed by atoms with Gasteiger partial charge in [0.1, 0.15) is 0 Å². The van der Waals surface area contributed by atoms with E-state index in [-0.39, 0.29) is 0 Å². The van der Waals surface area contributed by atoms with Gasteiger partial charge in [0, 0.05) is 18.8 Å². The topological polar surface area (TPSA) is 32.3 Å².